The summed E-state index contributed by atoms with van der Waals surface area (Å²) in [5.74, 6) is 1.35. The number of aromatic nitrogens is 1. The van der Waals surface area contributed by atoms with E-state index in [1.165, 1.54) is 0 Å². The number of amides is 1. The number of hydrogen-bond acceptors (Lipinski definition) is 4. The van der Waals surface area contributed by atoms with Crippen molar-refractivity contribution >= 4 is 11.6 Å². The fourth-order valence-electron chi connectivity index (χ4n) is 3.22. The number of hydrogen-bond donors (Lipinski definition) is 2. The van der Waals surface area contributed by atoms with Gasteiger partial charge in [0, 0.05) is 11.9 Å². The smallest absolute Gasteiger partial charge is 0.238 e. The van der Waals surface area contributed by atoms with Gasteiger partial charge in [-0.25, -0.2) is 0 Å². The van der Waals surface area contributed by atoms with Crippen molar-refractivity contribution in [2.45, 2.75) is 6.04 Å². The van der Waals surface area contributed by atoms with E-state index in [1.54, 1.807) is 6.20 Å². The van der Waals surface area contributed by atoms with Crippen LogP contribution in [0.1, 0.15) is 17.3 Å². The summed E-state index contributed by atoms with van der Waals surface area (Å²) in [5.41, 5.74) is 2.63. The first-order chi connectivity index (χ1) is 15.3. The normalized spacial score (nSPS) is 11.5. The summed E-state index contributed by atoms with van der Waals surface area (Å²) in [5, 5.41) is 6.23. The van der Waals surface area contributed by atoms with Gasteiger partial charge in [0.05, 0.1) is 18.3 Å². The molecule has 3 aromatic carbocycles. The minimum absolute atomic E-state index is 0.131. The Bertz CT molecular complexity index is 1050. The average Bonchev–Trinajstić information content (AvgIpc) is 2.83. The summed E-state index contributed by atoms with van der Waals surface area (Å²) >= 11 is 0. The molecule has 4 rings (SSSR count). The van der Waals surface area contributed by atoms with Crippen LogP contribution in [0.15, 0.2) is 109 Å². The first-order valence-electron chi connectivity index (χ1n) is 10.1. The highest BCUT2D eigenvalue weighted by Crippen LogP contribution is 2.23. The van der Waals surface area contributed by atoms with E-state index in [2.05, 4.69) is 15.6 Å². The van der Waals surface area contributed by atoms with Gasteiger partial charge in [0.25, 0.3) is 0 Å². The van der Waals surface area contributed by atoms with Gasteiger partial charge in [-0.2, -0.15) is 0 Å². The van der Waals surface area contributed by atoms with Crippen LogP contribution in [0.4, 0.5) is 5.69 Å². The predicted octanol–water partition coefficient (Wildman–Crippen LogP) is 5.19. The van der Waals surface area contributed by atoms with E-state index < -0.39 is 0 Å². The lowest BCUT2D eigenvalue weighted by atomic mass is 10.0. The molecule has 5 heteroatoms. The zero-order valence-corrected chi connectivity index (χ0v) is 16.9. The van der Waals surface area contributed by atoms with Gasteiger partial charge < -0.3 is 10.1 Å². The highest BCUT2D eigenvalue weighted by Gasteiger charge is 2.16. The molecule has 1 aromatic heterocycles. The van der Waals surface area contributed by atoms with Gasteiger partial charge in [-0.1, -0.05) is 54.6 Å². The van der Waals surface area contributed by atoms with E-state index >= 15 is 0 Å². The molecule has 31 heavy (non-hydrogen) atoms. The van der Waals surface area contributed by atoms with Crippen molar-refractivity contribution in [2.75, 3.05) is 11.9 Å². The van der Waals surface area contributed by atoms with E-state index in [-0.39, 0.29) is 18.5 Å². The number of carbonyl (C=O) groups is 1. The van der Waals surface area contributed by atoms with Crippen LogP contribution in [0.25, 0.3) is 0 Å². The lowest BCUT2D eigenvalue weighted by Crippen LogP contribution is -2.32. The van der Waals surface area contributed by atoms with Crippen LogP contribution in [-0.4, -0.2) is 17.4 Å². The largest absolute Gasteiger partial charge is 0.457 e. The third kappa shape index (κ3) is 5.78. The number of nitrogens with zero attached hydrogens (tertiary/aromatic N) is 1. The second-order valence-electron chi connectivity index (χ2n) is 6.97. The molecular weight excluding hydrogens is 386 g/mol. The molecule has 0 aliphatic carbocycles. The summed E-state index contributed by atoms with van der Waals surface area (Å²) < 4.78 is 5.78. The van der Waals surface area contributed by atoms with Crippen molar-refractivity contribution in [1.82, 2.24) is 10.3 Å². The maximum absolute atomic E-state index is 12.5. The number of benzene rings is 3. The molecule has 1 heterocycles. The highest BCUT2D eigenvalue weighted by molar-refractivity contribution is 5.92. The topological polar surface area (TPSA) is 63.2 Å². The van der Waals surface area contributed by atoms with Gasteiger partial charge in [0.15, 0.2) is 0 Å². The van der Waals surface area contributed by atoms with Gasteiger partial charge in [0.1, 0.15) is 11.5 Å². The molecule has 0 aliphatic heterocycles. The SMILES string of the molecule is O=C(CNC(c1ccccc1)c1ccccn1)Nc1ccc(Oc2ccccc2)cc1. The van der Waals surface area contributed by atoms with Crippen LogP contribution in [0, 0.1) is 0 Å². The van der Waals surface area contributed by atoms with Crippen molar-refractivity contribution in [3.8, 4) is 11.5 Å². The van der Waals surface area contributed by atoms with E-state index in [4.69, 9.17) is 4.74 Å². The Morgan fingerprint density at radius 3 is 2.10 bits per heavy atom. The van der Waals surface area contributed by atoms with Crippen molar-refractivity contribution in [1.29, 1.82) is 0 Å². The Morgan fingerprint density at radius 1 is 0.774 bits per heavy atom. The van der Waals surface area contributed by atoms with Gasteiger partial charge in [-0.15, -0.1) is 0 Å². The van der Waals surface area contributed by atoms with Crippen molar-refractivity contribution < 1.29 is 9.53 Å². The number of anilines is 1. The molecular formula is C26H23N3O2. The van der Waals surface area contributed by atoms with E-state index in [1.807, 2.05) is 103 Å². The Morgan fingerprint density at radius 2 is 1.42 bits per heavy atom. The zero-order chi connectivity index (χ0) is 21.3. The molecule has 2 N–H and O–H groups in total. The summed E-state index contributed by atoms with van der Waals surface area (Å²) in [7, 11) is 0. The Balaban J connectivity index is 1.36. The van der Waals surface area contributed by atoms with Gasteiger partial charge >= 0.3 is 0 Å². The molecule has 4 aromatic rings. The molecule has 0 spiro atoms. The summed E-state index contributed by atoms with van der Waals surface area (Å²) in [6, 6.07) is 32.5. The number of nitrogens with one attached hydrogen (secondary N) is 2. The second kappa shape index (κ2) is 10.2. The number of para-hydroxylation sites is 1. The second-order valence-corrected chi connectivity index (χ2v) is 6.97. The summed E-state index contributed by atoms with van der Waals surface area (Å²) in [6.07, 6.45) is 1.76. The van der Waals surface area contributed by atoms with Gasteiger partial charge in [-0.3, -0.25) is 15.1 Å². The summed E-state index contributed by atoms with van der Waals surface area (Å²) in [6.45, 7) is 0.151. The van der Waals surface area contributed by atoms with Crippen LogP contribution in [0.5, 0.6) is 11.5 Å². The number of ether oxygens (including phenoxy) is 1. The van der Waals surface area contributed by atoms with Gasteiger partial charge in [0.2, 0.25) is 5.91 Å². The van der Waals surface area contributed by atoms with Crippen LogP contribution >= 0.6 is 0 Å². The first-order valence-corrected chi connectivity index (χ1v) is 10.1. The molecule has 1 atom stereocenters. The van der Waals surface area contributed by atoms with Crippen LogP contribution < -0.4 is 15.4 Å². The molecule has 0 saturated heterocycles. The van der Waals surface area contributed by atoms with Crippen LogP contribution in [-0.2, 0) is 4.79 Å². The van der Waals surface area contributed by atoms with E-state index in [0.717, 1.165) is 17.0 Å². The molecule has 0 bridgehead atoms. The number of rotatable bonds is 8. The Labute approximate surface area is 181 Å². The van der Waals surface area contributed by atoms with Crippen molar-refractivity contribution in [2.24, 2.45) is 0 Å². The molecule has 0 saturated carbocycles. The predicted molar refractivity (Wildman–Crippen MR) is 122 cm³/mol. The molecule has 0 radical (unpaired) electrons. The molecule has 154 valence electrons. The molecule has 5 nitrogen and oxygen atoms in total. The molecule has 0 fully saturated rings. The van der Waals surface area contributed by atoms with E-state index in [9.17, 15) is 4.79 Å². The van der Waals surface area contributed by atoms with Crippen molar-refractivity contribution in [3.05, 3.63) is 121 Å². The van der Waals surface area contributed by atoms with Crippen LogP contribution in [0.2, 0.25) is 0 Å². The fourth-order valence-corrected chi connectivity index (χ4v) is 3.22. The minimum atomic E-state index is -0.171. The fraction of sp³-hybridized carbons (Fsp3) is 0.0769. The monoisotopic (exact) mass is 409 g/mol. The maximum atomic E-state index is 12.5. The first kappa shape index (κ1) is 20.3. The molecule has 1 amide bonds. The minimum Gasteiger partial charge on any atom is -0.457 e. The summed E-state index contributed by atoms with van der Waals surface area (Å²) in [4.78, 5) is 17.0. The molecule has 1 unspecified atom stereocenters. The third-order valence-electron chi connectivity index (χ3n) is 4.70. The zero-order valence-electron chi connectivity index (χ0n) is 16.9. The van der Waals surface area contributed by atoms with E-state index in [0.29, 0.717) is 11.4 Å². The molecule has 0 aliphatic rings. The standard InChI is InChI=1S/C26H23N3O2/c30-25(29-21-14-16-23(17-15-21)31-22-11-5-2-6-12-22)19-28-26(20-9-3-1-4-10-20)24-13-7-8-18-27-24/h1-18,26,28H,19H2,(H,29,30). The number of carbonyl (C=O) groups excluding carboxylic acids is 1. The Hall–Kier alpha value is -3.96. The quantitative estimate of drug-likeness (QED) is 0.420. The highest BCUT2D eigenvalue weighted by atomic mass is 16.5. The lowest BCUT2D eigenvalue weighted by Gasteiger charge is -2.18. The van der Waals surface area contributed by atoms with Crippen molar-refractivity contribution in [3.63, 3.8) is 0 Å². The number of pyridine rings is 1. The van der Waals surface area contributed by atoms with Gasteiger partial charge in [-0.05, 0) is 54.1 Å². The Kier molecular flexibility index (Phi) is 6.67. The average molecular weight is 409 g/mol. The van der Waals surface area contributed by atoms with Crippen LogP contribution in [0.3, 0.4) is 0 Å². The maximum Gasteiger partial charge on any atom is 0.238 e. The lowest BCUT2D eigenvalue weighted by molar-refractivity contribution is -0.115. The third-order valence-corrected chi connectivity index (χ3v) is 4.70.